The van der Waals surface area contributed by atoms with Crippen LogP contribution >= 0.6 is 0 Å². The lowest BCUT2D eigenvalue weighted by Gasteiger charge is -2.37. The zero-order valence-corrected chi connectivity index (χ0v) is 14.3. The predicted molar refractivity (Wildman–Crippen MR) is 81.0 cm³/mol. The van der Waals surface area contributed by atoms with Gasteiger partial charge in [-0.1, -0.05) is 46.5 Å². The fourth-order valence-electron chi connectivity index (χ4n) is 1.37. The average Bonchev–Trinajstić information content (AvgIpc) is 2.11. The van der Waals surface area contributed by atoms with Crippen molar-refractivity contribution >= 4 is 8.32 Å². The molecule has 0 bridgehead atoms. The van der Waals surface area contributed by atoms with Crippen molar-refractivity contribution in [3.8, 4) is 11.8 Å². The Morgan fingerprint density at radius 2 is 1.61 bits per heavy atom. The van der Waals surface area contributed by atoms with Gasteiger partial charge in [0.15, 0.2) is 8.32 Å². The molecule has 0 saturated heterocycles. The van der Waals surface area contributed by atoms with Gasteiger partial charge in [-0.15, -0.1) is 0 Å². The van der Waals surface area contributed by atoms with Crippen molar-refractivity contribution < 1.29 is 9.53 Å². The molecule has 0 rings (SSSR count). The molecule has 0 saturated carbocycles. The van der Waals surface area contributed by atoms with Crippen LogP contribution in [0.5, 0.6) is 0 Å². The highest BCUT2D eigenvalue weighted by Gasteiger charge is 2.38. The minimum atomic E-state index is -1.76. The first kappa shape index (κ1) is 17.7. The van der Waals surface area contributed by atoms with E-state index < -0.39 is 14.4 Å². The monoisotopic (exact) mass is 270 g/mol. The molecule has 1 N–H and O–H groups in total. The molecule has 2 nitrogen and oxygen atoms in total. The first-order valence-electron chi connectivity index (χ1n) is 6.82. The highest BCUT2D eigenvalue weighted by Crippen LogP contribution is 2.37. The molecule has 106 valence electrons. The van der Waals surface area contributed by atoms with Crippen LogP contribution in [0.3, 0.4) is 0 Å². The largest absolute Gasteiger partial charge is 0.404 e. The predicted octanol–water partition coefficient (Wildman–Crippen LogP) is 3.81. The Bertz CT molecular complexity index is 305. The van der Waals surface area contributed by atoms with Crippen LogP contribution in [-0.4, -0.2) is 25.6 Å². The Labute approximate surface area is 114 Å². The standard InChI is InChI=1S/C15H30O2Si/c1-12(2)11-14(16)10-9-13(3)17-18(7,8)15(4,5)6/h12-14,16H,11H2,1-8H3/t13-,14-/m1/s1. The van der Waals surface area contributed by atoms with Crippen molar-refractivity contribution in [2.75, 3.05) is 0 Å². The van der Waals surface area contributed by atoms with Crippen molar-refractivity contribution in [1.29, 1.82) is 0 Å². The molecule has 0 heterocycles. The number of hydrogen-bond acceptors (Lipinski definition) is 2. The Hall–Kier alpha value is -0.303. The highest BCUT2D eigenvalue weighted by molar-refractivity contribution is 6.74. The number of aliphatic hydroxyl groups is 1. The summed E-state index contributed by atoms with van der Waals surface area (Å²) in [4.78, 5) is 0. The van der Waals surface area contributed by atoms with Gasteiger partial charge in [-0.2, -0.15) is 0 Å². The van der Waals surface area contributed by atoms with E-state index in [-0.39, 0.29) is 11.1 Å². The first-order valence-corrected chi connectivity index (χ1v) is 9.73. The molecule has 0 aliphatic carbocycles. The van der Waals surface area contributed by atoms with Gasteiger partial charge in [-0.05, 0) is 37.4 Å². The van der Waals surface area contributed by atoms with Gasteiger partial charge >= 0.3 is 0 Å². The molecule has 0 fully saturated rings. The summed E-state index contributed by atoms with van der Waals surface area (Å²) in [5, 5.41) is 9.90. The van der Waals surface area contributed by atoms with Gasteiger partial charge in [0.05, 0.1) is 0 Å². The summed E-state index contributed by atoms with van der Waals surface area (Å²) in [6, 6.07) is 0. The van der Waals surface area contributed by atoms with Crippen LogP contribution in [0.15, 0.2) is 0 Å². The zero-order valence-electron chi connectivity index (χ0n) is 13.3. The molecule has 0 aliphatic heterocycles. The Morgan fingerprint density at radius 1 is 1.11 bits per heavy atom. The summed E-state index contributed by atoms with van der Waals surface area (Å²) in [6.07, 6.45) is 0.0861. The Kier molecular flexibility index (Phi) is 6.63. The zero-order chi connectivity index (χ0) is 14.6. The Balaban J connectivity index is 4.44. The van der Waals surface area contributed by atoms with Crippen molar-refractivity contribution in [3.63, 3.8) is 0 Å². The lowest BCUT2D eigenvalue weighted by atomic mass is 10.1. The van der Waals surface area contributed by atoms with Crippen molar-refractivity contribution in [1.82, 2.24) is 0 Å². The number of aliphatic hydroxyl groups excluding tert-OH is 1. The van der Waals surface area contributed by atoms with Crippen LogP contribution in [0, 0.1) is 17.8 Å². The summed E-state index contributed by atoms with van der Waals surface area (Å²) in [6.45, 7) is 17.2. The van der Waals surface area contributed by atoms with E-state index in [4.69, 9.17) is 4.43 Å². The Morgan fingerprint density at radius 3 is 2.00 bits per heavy atom. The molecule has 0 aliphatic rings. The topological polar surface area (TPSA) is 29.5 Å². The molecule has 0 aromatic carbocycles. The van der Waals surface area contributed by atoms with Crippen LogP contribution in [-0.2, 0) is 4.43 Å². The van der Waals surface area contributed by atoms with E-state index >= 15 is 0 Å². The third-order valence-electron chi connectivity index (χ3n) is 3.43. The molecule has 0 radical (unpaired) electrons. The van der Waals surface area contributed by atoms with Gasteiger partial charge in [0.1, 0.15) is 12.2 Å². The molecule has 3 heteroatoms. The van der Waals surface area contributed by atoms with Gasteiger partial charge in [0.2, 0.25) is 0 Å². The molecular weight excluding hydrogens is 240 g/mol. The van der Waals surface area contributed by atoms with Crippen LogP contribution in [0.2, 0.25) is 18.1 Å². The molecular formula is C15H30O2Si. The van der Waals surface area contributed by atoms with Gasteiger partial charge in [-0.25, -0.2) is 0 Å². The van der Waals surface area contributed by atoms with Crippen LogP contribution in [0.1, 0.15) is 48.0 Å². The maximum atomic E-state index is 9.71. The minimum Gasteiger partial charge on any atom is -0.404 e. The number of rotatable bonds is 4. The van der Waals surface area contributed by atoms with Crippen LogP contribution in [0.4, 0.5) is 0 Å². The van der Waals surface area contributed by atoms with E-state index in [9.17, 15) is 5.11 Å². The minimum absolute atomic E-state index is 0.104. The fourth-order valence-corrected chi connectivity index (χ4v) is 2.66. The summed E-state index contributed by atoms with van der Waals surface area (Å²) in [7, 11) is -1.76. The summed E-state index contributed by atoms with van der Waals surface area (Å²) < 4.78 is 6.11. The summed E-state index contributed by atoms with van der Waals surface area (Å²) in [5.41, 5.74) is 0. The summed E-state index contributed by atoms with van der Waals surface area (Å²) >= 11 is 0. The van der Waals surface area contributed by atoms with Crippen LogP contribution < -0.4 is 0 Å². The van der Waals surface area contributed by atoms with E-state index in [1.165, 1.54) is 0 Å². The maximum Gasteiger partial charge on any atom is 0.193 e. The average molecular weight is 270 g/mol. The van der Waals surface area contributed by atoms with Crippen molar-refractivity contribution in [2.24, 2.45) is 5.92 Å². The van der Waals surface area contributed by atoms with Gasteiger partial charge < -0.3 is 9.53 Å². The number of hydrogen-bond donors (Lipinski definition) is 1. The normalized spacial score (nSPS) is 16.1. The second kappa shape index (κ2) is 6.74. The third-order valence-corrected chi connectivity index (χ3v) is 7.98. The van der Waals surface area contributed by atoms with Gasteiger partial charge in [-0.3, -0.25) is 0 Å². The maximum absolute atomic E-state index is 9.71. The van der Waals surface area contributed by atoms with E-state index in [1.807, 2.05) is 6.92 Å². The smallest absolute Gasteiger partial charge is 0.193 e. The molecule has 0 unspecified atom stereocenters. The van der Waals surface area contributed by atoms with E-state index in [0.717, 1.165) is 6.42 Å². The van der Waals surface area contributed by atoms with E-state index in [1.54, 1.807) is 0 Å². The lowest BCUT2D eigenvalue weighted by molar-refractivity contribution is 0.202. The summed E-state index contributed by atoms with van der Waals surface area (Å²) in [5.74, 6) is 6.38. The third kappa shape index (κ3) is 6.58. The second-order valence-electron chi connectivity index (χ2n) is 6.95. The van der Waals surface area contributed by atoms with Gasteiger partial charge in [0.25, 0.3) is 0 Å². The van der Waals surface area contributed by atoms with Crippen molar-refractivity contribution in [3.05, 3.63) is 0 Å². The van der Waals surface area contributed by atoms with Crippen molar-refractivity contribution in [2.45, 2.75) is 78.3 Å². The highest BCUT2D eigenvalue weighted by atomic mass is 28.4. The fraction of sp³-hybridized carbons (Fsp3) is 0.867. The van der Waals surface area contributed by atoms with E-state index in [2.05, 4.69) is 59.6 Å². The molecule has 0 aromatic heterocycles. The molecule has 2 atom stereocenters. The second-order valence-corrected chi connectivity index (χ2v) is 11.7. The SMILES string of the molecule is CC(C)C[C@H](O)C#C[C@@H](C)O[Si](C)(C)C(C)(C)C. The first-order chi connectivity index (χ1) is 7.95. The lowest BCUT2D eigenvalue weighted by Crippen LogP contribution is -2.43. The quantitative estimate of drug-likeness (QED) is 0.622. The van der Waals surface area contributed by atoms with E-state index in [0.29, 0.717) is 5.92 Å². The molecule has 0 aromatic rings. The molecule has 0 amide bonds. The van der Waals surface area contributed by atoms with Crippen LogP contribution in [0.25, 0.3) is 0 Å². The molecule has 18 heavy (non-hydrogen) atoms. The molecule has 0 spiro atoms. The van der Waals surface area contributed by atoms with Gasteiger partial charge in [0, 0.05) is 0 Å².